The van der Waals surface area contributed by atoms with Crippen molar-refractivity contribution >= 4 is 39.4 Å². The summed E-state index contributed by atoms with van der Waals surface area (Å²) in [5, 5.41) is 4.76. The van der Waals surface area contributed by atoms with Gasteiger partial charge in [-0.2, -0.15) is 0 Å². The molecule has 15 rings (SSSR count). The summed E-state index contributed by atoms with van der Waals surface area (Å²) in [7, 11) is 1.70. The second-order valence-corrected chi connectivity index (χ2v) is 24.2. The quantitative estimate of drug-likeness (QED) is 0.127. The van der Waals surface area contributed by atoms with E-state index in [-0.39, 0.29) is 10.8 Å². The number of nitrogens with zero attached hydrogens (tertiary/aromatic N) is 1. The average Bonchev–Trinajstić information content (AvgIpc) is 1.91. The maximum Gasteiger partial charge on any atom is 0.178 e. The van der Waals surface area contributed by atoms with Crippen molar-refractivity contribution in [1.82, 2.24) is 0 Å². The summed E-state index contributed by atoms with van der Waals surface area (Å²) in [5.74, 6) is 3.60. The van der Waals surface area contributed by atoms with Gasteiger partial charge >= 0.3 is 0 Å². The Morgan fingerprint density at radius 2 is 0.893 bits per heavy atom. The minimum Gasteiger partial charge on any atom is -0.497 e. The van der Waals surface area contributed by atoms with Gasteiger partial charge in [0.2, 0.25) is 0 Å². The van der Waals surface area contributed by atoms with Gasteiger partial charge in [0.15, 0.2) is 11.2 Å². The average molecular weight is 1100 g/mol. The summed E-state index contributed by atoms with van der Waals surface area (Å²) in [4.78, 5) is 2.39. The molecule has 6 nitrogen and oxygen atoms in total. The number of aryl methyl sites for hydroxylation is 1. The molecule has 10 aromatic rings. The topological polar surface area (TPSA) is 49.4 Å². The Kier molecular flexibility index (Phi) is 13.2. The van der Waals surface area contributed by atoms with Crippen LogP contribution in [0.4, 0.5) is 5.69 Å². The number of hydrogen-bond donors (Lipinski definition) is 0. The number of morpholine rings is 1. The van der Waals surface area contributed by atoms with Crippen molar-refractivity contribution in [2.24, 2.45) is 0 Å². The van der Waals surface area contributed by atoms with E-state index in [2.05, 4.69) is 253 Å². The van der Waals surface area contributed by atoms with Crippen molar-refractivity contribution in [3.8, 4) is 45.3 Å². The van der Waals surface area contributed by atoms with Crippen LogP contribution in [0.5, 0.6) is 23.0 Å². The van der Waals surface area contributed by atoms with Gasteiger partial charge in [0.25, 0.3) is 0 Å². The van der Waals surface area contributed by atoms with Crippen molar-refractivity contribution in [1.29, 1.82) is 0 Å². The number of fused-ring (bicyclic) bond motifs is 16. The second kappa shape index (κ2) is 20.8. The molecule has 2 unspecified atom stereocenters. The zero-order valence-electron chi connectivity index (χ0n) is 49.2. The fourth-order valence-electron chi connectivity index (χ4n) is 14.3. The lowest BCUT2D eigenvalue weighted by Crippen LogP contribution is -2.37. The lowest BCUT2D eigenvalue weighted by atomic mass is 9.77. The molecule has 0 aromatic heterocycles. The molecule has 0 N–H and O–H groups in total. The highest BCUT2D eigenvalue weighted by molar-refractivity contribution is 6.10. The van der Waals surface area contributed by atoms with Crippen LogP contribution >= 0.6 is 0 Å². The number of unbranched alkanes of at least 4 members (excludes halogenated alkanes) is 1. The zero-order chi connectivity index (χ0) is 57.4. The van der Waals surface area contributed by atoms with E-state index >= 15 is 0 Å². The molecule has 0 spiro atoms. The Morgan fingerprint density at radius 3 is 1.36 bits per heavy atom. The van der Waals surface area contributed by atoms with Crippen molar-refractivity contribution in [3.05, 3.63) is 267 Å². The third-order valence-electron chi connectivity index (χ3n) is 18.6. The van der Waals surface area contributed by atoms with E-state index in [4.69, 9.17) is 23.7 Å². The van der Waals surface area contributed by atoms with Gasteiger partial charge in [-0.1, -0.05) is 216 Å². The highest BCUT2D eigenvalue weighted by Gasteiger charge is 2.46. The summed E-state index contributed by atoms with van der Waals surface area (Å²) in [6, 6.07) is 69.6. The Morgan fingerprint density at radius 1 is 0.476 bits per heavy atom. The van der Waals surface area contributed by atoms with E-state index in [0.717, 1.165) is 102 Å². The Bertz CT molecular complexity index is 4220. The third-order valence-corrected chi connectivity index (χ3v) is 18.6. The van der Waals surface area contributed by atoms with E-state index in [1.807, 2.05) is 12.1 Å². The summed E-state index contributed by atoms with van der Waals surface area (Å²) < 4.78 is 31.9. The van der Waals surface area contributed by atoms with Crippen LogP contribution in [0.3, 0.4) is 0 Å². The third kappa shape index (κ3) is 8.46. The van der Waals surface area contributed by atoms with Crippen LogP contribution < -0.4 is 23.8 Å². The SMILES string of the molecule is CCCCOc1ccc(C2(c3ccc(C)cc3)C=Cc3c4c(c5ccccc5c3O2)-c2ccccc2C4(C)C)cc1.COc1ccc(C2(c3ccc(N4CCOCC4)cc3)C=Cc3c4c(c5ccccc5c3O2)-c2ccccc2C4(C)C)cc1. The molecule has 2 aliphatic carbocycles. The van der Waals surface area contributed by atoms with E-state index in [1.165, 1.54) is 77.7 Å². The van der Waals surface area contributed by atoms with Gasteiger partial charge in [0.1, 0.15) is 23.0 Å². The van der Waals surface area contributed by atoms with E-state index in [1.54, 1.807) is 7.11 Å². The van der Waals surface area contributed by atoms with E-state index in [9.17, 15) is 0 Å². The van der Waals surface area contributed by atoms with E-state index in [0.29, 0.717) is 0 Å². The Labute approximate surface area is 494 Å². The fourth-order valence-corrected chi connectivity index (χ4v) is 14.3. The Balaban J connectivity index is 0.000000150. The number of rotatable bonds is 10. The van der Waals surface area contributed by atoms with Crippen LogP contribution in [0.25, 0.3) is 56.0 Å². The summed E-state index contributed by atoms with van der Waals surface area (Å²) in [6.45, 7) is 17.8. The van der Waals surface area contributed by atoms with Gasteiger partial charge in [0.05, 0.1) is 26.9 Å². The molecule has 3 aliphatic heterocycles. The molecule has 0 amide bonds. The normalized spacial score (nSPS) is 18.9. The molecular formula is C78H71NO5. The molecular weight excluding hydrogens is 1030 g/mol. The molecule has 0 radical (unpaired) electrons. The molecule has 418 valence electrons. The molecule has 0 bridgehead atoms. The number of methoxy groups -OCH3 is 1. The van der Waals surface area contributed by atoms with Crippen molar-refractivity contribution in [2.45, 2.75) is 76.4 Å². The minimum absolute atomic E-state index is 0.144. The molecule has 10 aromatic carbocycles. The maximum absolute atomic E-state index is 7.42. The predicted octanol–water partition coefficient (Wildman–Crippen LogP) is 18.3. The van der Waals surface area contributed by atoms with E-state index < -0.39 is 11.2 Å². The van der Waals surface area contributed by atoms with Gasteiger partial charge < -0.3 is 28.6 Å². The van der Waals surface area contributed by atoms with Crippen LogP contribution in [0, 0.1) is 6.92 Å². The lowest BCUT2D eigenvalue weighted by Gasteiger charge is -2.38. The predicted molar refractivity (Wildman–Crippen MR) is 344 cm³/mol. The van der Waals surface area contributed by atoms with Crippen molar-refractivity contribution in [2.75, 3.05) is 44.9 Å². The largest absolute Gasteiger partial charge is 0.497 e. The summed E-state index contributed by atoms with van der Waals surface area (Å²) in [6.07, 6.45) is 11.3. The number of anilines is 1. The van der Waals surface area contributed by atoms with Gasteiger partial charge in [0, 0.05) is 73.8 Å². The summed E-state index contributed by atoms with van der Waals surface area (Å²) in [5.41, 5.74) is 18.0. The fraction of sp³-hybridized carbons (Fsp3) is 0.231. The van der Waals surface area contributed by atoms with Gasteiger partial charge in [-0.25, -0.2) is 0 Å². The molecule has 2 atom stereocenters. The molecule has 1 saturated heterocycles. The van der Waals surface area contributed by atoms with Gasteiger partial charge in [-0.3, -0.25) is 0 Å². The van der Waals surface area contributed by atoms with Crippen LogP contribution in [0.2, 0.25) is 0 Å². The van der Waals surface area contributed by atoms with Gasteiger partial charge in [-0.15, -0.1) is 0 Å². The van der Waals surface area contributed by atoms with Crippen LogP contribution in [-0.2, 0) is 26.8 Å². The van der Waals surface area contributed by atoms with Crippen LogP contribution in [-0.4, -0.2) is 40.0 Å². The molecule has 1 fully saturated rings. The lowest BCUT2D eigenvalue weighted by molar-refractivity contribution is 0.122. The minimum atomic E-state index is -0.810. The van der Waals surface area contributed by atoms with Crippen molar-refractivity contribution in [3.63, 3.8) is 0 Å². The maximum atomic E-state index is 7.42. The zero-order valence-corrected chi connectivity index (χ0v) is 49.2. The highest BCUT2D eigenvalue weighted by atomic mass is 16.5. The first-order valence-corrected chi connectivity index (χ1v) is 30.0. The molecule has 0 saturated carbocycles. The van der Waals surface area contributed by atoms with Crippen LogP contribution in [0.1, 0.15) is 109 Å². The Hall–Kier alpha value is -8.84. The monoisotopic (exact) mass is 1100 g/mol. The number of benzene rings is 10. The molecule has 6 heteroatoms. The first kappa shape index (κ1) is 53.2. The molecule has 3 heterocycles. The number of hydrogen-bond acceptors (Lipinski definition) is 6. The van der Waals surface area contributed by atoms with Crippen LogP contribution in [0.15, 0.2) is 206 Å². The number of ether oxygens (including phenoxy) is 5. The first-order valence-electron chi connectivity index (χ1n) is 30.0. The second-order valence-electron chi connectivity index (χ2n) is 24.2. The first-order chi connectivity index (χ1) is 40.9. The van der Waals surface area contributed by atoms with Crippen molar-refractivity contribution < 1.29 is 23.7 Å². The molecule has 5 aliphatic rings. The molecule has 84 heavy (non-hydrogen) atoms. The van der Waals surface area contributed by atoms with Gasteiger partial charge in [-0.05, 0) is 117 Å². The summed E-state index contributed by atoms with van der Waals surface area (Å²) >= 11 is 0. The smallest absolute Gasteiger partial charge is 0.178 e. The standard InChI is InChI=1S/C39H35NO3.C39H36O2/c1-38(2)34-11-7-6-10-32(34)35-30-8-4-5-9-31(30)37-33(36(35)38)20-21-39(43-37,27-14-18-29(41-3)19-15-27)26-12-16-28(17-13-26)40-22-24-42-25-23-40;1-5-6-25-40-29-21-19-28(20-22-29)39(27-17-15-26(2)16-18-27)24-23-33-36-35(30-11-7-8-12-31(30)37(33)41-39)32-13-9-10-14-34(32)38(36,3)4/h4-21H,22-25H2,1-3H3;7-24H,5-6,25H2,1-4H3. The highest BCUT2D eigenvalue weighted by Crippen LogP contribution is 2.60.